The van der Waals surface area contributed by atoms with Gasteiger partial charge >= 0.3 is 5.97 Å². The fraction of sp³-hybridized carbons (Fsp3) is 0.100. The van der Waals surface area contributed by atoms with Crippen molar-refractivity contribution >= 4 is 11.7 Å². The lowest BCUT2D eigenvalue weighted by Gasteiger charge is -2.03. The van der Waals surface area contributed by atoms with Gasteiger partial charge < -0.3 is 5.11 Å². The van der Waals surface area contributed by atoms with E-state index in [1.54, 1.807) is 12.1 Å². The number of nitrogens with one attached hydrogen (secondary N) is 1. The highest BCUT2D eigenvalue weighted by atomic mass is 16.6. The van der Waals surface area contributed by atoms with Gasteiger partial charge in [0.15, 0.2) is 0 Å². The SMILES string of the molecule is C#CCONc1ccc(C(=O)O)cc1. The summed E-state index contributed by atoms with van der Waals surface area (Å²) in [6.45, 7) is 0.153. The molecule has 0 unspecified atom stereocenters. The summed E-state index contributed by atoms with van der Waals surface area (Å²) in [6, 6.07) is 6.15. The number of carboxylic acids is 1. The summed E-state index contributed by atoms with van der Waals surface area (Å²) in [4.78, 5) is 15.3. The maximum atomic E-state index is 10.5. The molecule has 1 aromatic rings. The Morgan fingerprint density at radius 2 is 2.14 bits per heavy atom. The first-order chi connectivity index (χ1) is 6.74. The number of hydrogen-bond donors (Lipinski definition) is 2. The van der Waals surface area contributed by atoms with Gasteiger partial charge in [-0.3, -0.25) is 10.3 Å². The summed E-state index contributed by atoms with van der Waals surface area (Å²) in [6.07, 6.45) is 4.96. The second-order valence-corrected chi connectivity index (χ2v) is 2.48. The highest BCUT2D eigenvalue weighted by molar-refractivity contribution is 5.87. The standard InChI is InChI=1S/C10H9NO3/c1-2-7-14-11-9-5-3-8(4-6-9)10(12)13/h1,3-6,11H,7H2,(H,12,13). The quantitative estimate of drug-likeness (QED) is 0.428. The van der Waals surface area contributed by atoms with Crippen molar-refractivity contribution in [1.29, 1.82) is 0 Å². The number of benzene rings is 1. The molecule has 1 aromatic carbocycles. The van der Waals surface area contributed by atoms with Crippen LogP contribution in [0.2, 0.25) is 0 Å². The highest BCUT2D eigenvalue weighted by Crippen LogP contribution is 2.09. The Balaban J connectivity index is 2.56. The molecular weight excluding hydrogens is 182 g/mol. The summed E-state index contributed by atoms with van der Waals surface area (Å²) in [5, 5.41) is 8.61. The van der Waals surface area contributed by atoms with E-state index in [2.05, 4.69) is 11.4 Å². The van der Waals surface area contributed by atoms with Crippen molar-refractivity contribution in [2.75, 3.05) is 12.1 Å². The zero-order chi connectivity index (χ0) is 10.4. The van der Waals surface area contributed by atoms with Gasteiger partial charge in [0.25, 0.3) is 0 Å². The molecule has 4 nitrogen and oxygen atoms in total. The van der Waals surface area contributed by atoms with Crippen molar-refractivity contribution < 1.29 is 14.7 Å². The highest BCUT2D eigenvalue weighted by Gasteiger charge is 2.00. The van der Waals surface area contributed by atoms with Gasteiger partial charge in [0.2, 0.25) is 0 Å². The molecule has 0 fully saturated rings. The smallest absolute Gasteiger partial charge is 0.335 e. The van der Waals surface area contributed by atoms with Crippen LogP contribution in [0.1, 0.15) is 10.4 Å². The van der Waals surface area contributed by atoms with E-state index in [-0.39, 0.29) is 12.2 Å². The number of rotatable bonds is 4. The van der Waals surface area contributed by atoms with Crippen LogP contribution in [0.15, 0.2) is 24.3 Å². The average molecular weight is 191 g/mol. The molecular formula is C10H9NO3. The van der Waals surface area contributed by atoms with Crippen molar-refractivity contribution in [2.45, 2.75) is 0 Å². The van der Waals surface area contributed by atoms with Crippen LogP contribution in [-0.4, -0.2) is 17.7 Å². The first-order valence-electron chi connectivity index (χ1n) is 3.88. The Morgan fingerprint density at radius 3 is 2.64 bits per heavy atom. The van der Waals surface area contributed by atoms with E-state index < -0.39 is 5.97 Å². The van der Waals surface area contributed by atoms with Crippen molar-refractivity contribution in [1.82, 2.24) is 0 Å². The van der Waals surface area contributed by atoms with Gasteiger partial charge in [-0.15, -0.1) is 6.42 Å². The molecule has 0 saturated carbocycles. The molecule has 14 heavy (non-hydrogen) atoms. The van der Waals surface area contributed by atoms with Gasteiger partial charge in [-0.05, 0) is 24.3 Å². The largest absolute Gasteiger partial charge is 0.478 e. The van der Waals surface area contributed by atoms with Crippen LogP contribution in [0.4, 0.5) is 5.69 Å². The number of hydrogen-bond acceptors (Lipinski definition) is 3. The summed E-state index contributed by atoms with van der Waals surface area (Å²) in [5.41, 5.74) is 3.46. The summed E-state index contributed by atoms with van der Waals surface area (Å²) < 4.78 is 0. The second-order valence-electron chi connectivity index (χ2n) is 2.48. The van der Waals surface area contributed by atoms with E-state index in [4.69, 9.17) is 16.4 Å². The van der Waals surface area contributed by atoms with Gasteiger partial charge in [-0.25, -0.2) is 4.79 Å². The van der Waals surface area contributed by atoms with Crippen LogP contribution < -0.4 is 5.48 Å². The van der Waals surface area contributed by atoms with Crippen LogP contribution in [0.5, 0.6) is 0 Å². The molecule has 0 bridgehead atoms. The fourth-order valence-corrected chi connectivity index (χ4v) is 0.842. The van der Waals surface area contributed by atoms with Gasteiger partial charge in [0.05, 0.1) is 11.3 Å². The summed E-state index contributed by atoms with van der Waals surface area (Å²) >= 11 is 0. The molecule has 0 amide bonds. The van der Waals surface area contributed by atoms with Gasteiger partial charge in [0.1, 0.15) is 6.61 Å². The molecule has 4 heteroatoms. The predicted octanol–water partition coefficient (Wildman–Crippen LogP) is 1.36. The first-order valence-corrected chi connectivity index (χ1v) is 3.88. The van der Waals surface area contributed by atoms with Gasteiger partial charge in [0, 0.05) is 0 Å². The molecule has 0 saturated heterocycles. The molecule has 1 rings (SSSR count). The lowest BCUT2D eigenvalue weighted by atomic mass is 10.2. The number of carboxylic acid groups (broad SMARTS) is 1. The van der Waals surface area contributed by atoms with Crippen LogP contribution >= 0.6 is 0 Å². The summed E-state index contributed by atoms with van der Waals surface area (Å²) in [5.74, 6) is 1.33. The molecule has 0 aliphatic heterocycles. The van der Waals surface area contributed by atoms with E-state index in [0.717, 1.165) is 0 Å². The topological polar surface area (TPSA) is 58.6 Å². The second kappa shape index (κ2) is 4.90. The van der Waals surface area contributed by atoms with E-state index in [1.165, 1.54) is 12.1 Å². The maximum absolute atomic E-state index is 10.5. The normalized spacial score (nSPS) is 9.07. The van der Waals surface area contributed by atoms with Crippen LogP contribution in [0.25, 0.3) is 0 Å². The Hall–Kier alpha value is -1.99. The van der Waals surface area contributed by atoms with E-state index in [9.17, 15) is 4.79 Å². The molecule has 0 atom stereocenters. The van der Waals surface area contributed by atoms with Gasteiger partial charge in [-0.1, -0.05) is 5.92 Å². The van der Waals surface area contributed by atoms with Crippen molar-refractivity contribution in [3.63, 3.8) is 0 Å². The first kappa shape index (κ1) is 10.1. The van der Waals surface area contributed by atoms with E-state index in [0.29, 0.717) is 5.69 Å². The lowest BCUT2D eigenvalue weighted by molar-refractivity contribution is 0.0697. The molecule has 0 aromatic heterocycles. The fourth-order valence-electron chi connectivity index (χ4n) is 0.842. The predicted molar refractivity (Wildman–Crippen MR) is 51.8 cm³/mol. The molecule has 0 heterocycles. The molecule has 72 valence electrons. The van der Waals surface area contributed by atoms with Crippen molar-refractivity contribution in [3.8, 4) is 12.3 Å². The van der Waals surface area contributed by atoms with E-state index >= 15 is 0 Å². The average Bonchev–Trinajstić information content (AvgIpc) is 2.19. The number of carbonyl (C=O) groups is 1. The Morgan fingerprint density at radius 1 is 1.50 bits per heavy atom. The van der Waals surface area contributed by atoms with Crippen molar-refractivity contribution in [2.24, 2.45) is 0 Å². The maximum Gasteiger partial charge on any atom is 0.335 e. The van der Waals surface area contributed by atoms with Crippen LogP contribution in [0.3, 0.4) is 0 Å². The third-order valence-corrected chi connectivity index (χ3v) is 1.48. The van der Waals surface area contributed by atoms with Crippen LogP contribution in [0, 0.1) is 12.3 Å². The number of terminal acetylenes is 1. The Bertz CT molecular complexity index is 351. The minimum atomic E-state index is -0.957. The van der Waals surface area contributed by atoms with E-state index in [1.807, 2.05) is 0 Å². The van der Waals surface area contributed by atoms with Crippen LogP contribution in [-0.2, 0) is 4.84 Å². The Labute approximate surface area is 81.5 Å². The van der Waals surface area contributed by atoms with Gasteiger partial charge in [-0.2, -0.15) is 0 Å². The zero-order valence-corrected chi connectivity index (χ0v) is 7.36. The van der Waals surface area contributed by atoms with Crippen molar-refractivity contribution in [3.05, 3.63) is 29.8 Å². The third kappa shape index (κ3) is 2.81. The lowest BCUT2D eigenvalue weighted by Crippen LogP contribution is -2.02. The molecule has 0 aliphatic rings. The minimum absolute atomic E-state index is 0.153. The monoisotopic (exact) mass is 191 g/mol. The summed E-state index contributed by atoms with van der Waals surface area (Å²) in [7, 11) is 0. The number of aromatic carboxylic acids is 1. The molecule has 2 N–H and O–H groups in total. The Kier molecular flexibility index (Phi) is 3.53. The minimum Gasteiger partial charge on any atom is -0.478 e. The zero-order valence-electron chi connectivity index (χ0n) is 7.36. The molecule has 0 radical (unpaired) electrons. The molecule has 0 spiro atoms. The third-order valence-electron chi connectivity index (χ3n) is 1.48. The molecule has 0 aliphatic carbocycles. The number of anilines is 1.